The summed E-state index contributed by atoms with van der Waals surface area (Å²) in [6.45, 7) is 12.8. The van der Waals surface area contributed by atoms with Gasteiger partial charge < -0.3 is 0 Å². The van der Waals surface area contributed by atoms with Gasteiger partial charge in [-0.25, -0.2) is 0 Å². The van der Waals surface area contributed by atoms with E-state index in [9.17, 15) is 0 Å². The lowest BCUT2D eigenvalue weighted by Gasteiger charge is -2.15. The molecule has 0 nitrogen and oxygen atoms in total. The lowest BCUT2D eigenvalue weighted by atomic mass is 9.91. The lowest BCUT2D eigenvalue weighted by molar-refractivity contribution is 0.739. The standard InChI is InChI=1S/C15H23/c1-6-7-8-9-15-13(4)11(2)10-12(3)14(15)5/h10H,1,6-9H2,2-5H3. The maximum absolute atomic E-state index is 3.90. The molecule has 0 fully saturated rings. The third kappa shape index (κ3) is 2.84. The molecule has 1 rings (SSSR count). The van der Waals surface area contributed by atoms with Gasteiger partial charge in [-0.2, -0.15) is 0 Å². The van der Waals surface area contributed by atoms with Crippen molar-refractivity contribution in [1.29, 1.82) is 0 Å². The third-order valence-corrected chi connectivity index (χ3v) is 3.45. The first kappa shape index (κ1) is 12.3. The van der Waals surface area contributed by atoms with Crippen molar-refractivity contribution in [3.05, 3.63) is 40.8 Å². The van der Waals surface area contributed by atoms with Gasteiger partial charge in [-0.1, -0.05) is 25.8 Å². The molecule has 0 amide bonds. The number of unbranched alkanes of at least 4 members (excludes halogenated alkanes) is 2. The Hall–Kier alpha value is -0.780. The fourth-order valence-corrected chi connectivity index (χ4v) is 2.15. The molecule has 0 atom stereocenters. The first-order valence-corrected chi connectivity index (χ1v) is 5.93. The SMILES string of the molecule is [CH2]CCCCc1c(C)c(C)cc(C)c1C. The van der Waals surface area contributed by atoms with Crippen LogP contribution in [0.4, 0.5) is 0 Å². The number of aryl methyl sites for hydroxylation is 2. The van der Waals surface area contributed by atoms with Crippen molar-refractivity contribution in [3.63, 3.8) is 0 Å². The molecule has 0 saturated heterocycles. The average molecular weight is 203 g/mol. The van der Waals surface area contributed by atoms with Crippen LogP contribution in [0.1, 0.15) is 47.1 Å². The molecule has 1 aromatic carbocycles. The van der Waals surface area contributed by atoms with Crippen molar-refractivity contribution in [2.75, 3.05) is 0 Å². The second kappa shape index (κ2) is 5.34. The fourth-order valence-electron chi connectivity index (χ4n) is 2.15. The minimum absolute atomic E-state index is 1.06. The molecule has 0 heteroatoms. The third-order valence-electron chi connectivity index (χ3n) is 3.45. The molecule has 0 aromatic heterocycles. The molecule has 1 aromatic rings. The first-order chi connectivity index (χ1) is 7.07. The minimum Gasteiger partial charge on any atom is -0.0558 e. The number of benzene rings is 1. The van der Waals surface area contributed by atoms with Crippen LogP contribution in [0.15, 0.2) is 6.07 Å². The van der Waals surface area contributed by atoms with Crippen LogP contribution >= 0.6 is 0 Å². The topological polar surface area (TPSA) is 0 Å². The van der Waals surface area contributed by atoms with Crippen LogP contribution in [0.25, 0.3) is 0 Å². The highest BCUT2D eigenvalue weighted by Gasteiger charge is 2.07. The Morgan fingerprint density at radius 1 is 0.933 bits per heavy atom. The highest BCUT2D eigenvalue weighted by molar-refractivity contribution is 5.43. The van der Waals surface area contributed by atoms with Gasteiger partial charge in [-0.3, -0.25) is 0 Å². The van der Waals surface area contributed by atoms with Gasteiger partial charge in [0.25, 0.3) is 0 Å². The molecule has 0 saturated carbocycles. The molecule has 0 N–H and O–H groups in total. The molecular weight excluding hydrogens is 180 g/mol. The summed E-state index contributed by atoms with van der Waals surface area (Å²) in [7, 11) is 0. The van der Waals surface area contributed by atoms with E-state index in [0.717, 1.165) is 6.42 Å². The zero-order chi connectivity index (χ0) is 11.4. The highest BCUT2D eigenvalue weighted by Crippen LogP contribution is 2.23. The van der Waals surface area contributed by atoms with Crippen LogP contribution in [0.5, 0.6) is 0 Å². The largest absolute Gasteiger partial charge is 0.0558 e. The van der Waals surface area contributed by atoms with E-state index in [2.05, 4.69) is 40.7 Å². The van der Waals surface area contributed by atoms with Crippen molar-refractivity contribution in [2.24, 2.45) is 0 Å². The maximum atomic E-state index is 3.90. The molecule has 0 heterocycles. The van der Waals surface area contributed by atoms with E-state index >= 15 is 0 Å². The number of hydrogen-bond acceptors (Lipinski definition) is 0. The zero-order valence-corrected chi connectivity index (χ0v) is 10.6. The van der Waals surface area contributed by atoms with Gasteiger partial charge in [0.15, 0.2) is 0 Å². The van der Waals surface area contributed by atoms with Gasteiger partial charge in [0.05, 0.1) is 0 Å². The summed E-state index contributed by atoms with van der Waals surface area (Å²) in [5.74, 6) is 0. The predicted molar refractivity (Wildman–Crippen MR) is 68.3 cm³/mol. The molecule has 0 unspecified atom stereocenters. The molecular formula is C15H23. The van der Waals surface area contributed by atoms with Gasteiger partial charge in [-0.15, -0.1) is 0 Å². The van der Waals surface area contributed by atoms with Gasteiger partial charge >= 0.3 is 0 Å². The van der Waals surface area contributed by atoms with E-state index in [0.29, 0.717) is 0 Å². The summed E-state index contributed by atoms with van der Waals surface area (Å²) in [4.78, 5) is 0. The molecule has 0 aliphatic heterocycles. The van der Waals surface area contributed by atoms with E-state index in [1.807, 2.05) is 0 Å². The van der Waals surface area contributed by atoms with E-state index in [4.69, 9.17) is 0 Å². The zero-order valence-electron chi connectivity index (χ0n) is 10.6. The Kier molecular flexibility index (Phi) is 4.38. The van der Waals surface area contributed by atoms with E-state index in [1.54, 1.807) is 5.56 Å². The van der Waals surface area contributed by atoms with Crippen molar-refractivity contribution in [1.82, 2.24) is 0 Å². The quantitative estimate of drug-likeness (QED) is 0.633. The predicted octanol–water partition coefficient (Wildman–Crippen LogP) is 4.47. The first-order valence-electron chi connectivity index (χ1n) is 5.93. The summed E-state index contributed by atoms with van der Waals surface area (Å²) >= 11 is 0. The molecule has 0 aliphatic rings. The highest BCUT2D eigenvalue weighted by atomic mass is 14.1. The van der Waals surface area contributed by atoms with E-state index in [-0.39, 0.29) is 0 Å². The second-order valence-electron chi connectivity index (χ2n) is 4.55. The van der Waals surface area contributed by atoms with Crippen LogP contribution in [0.3, 0.4) is 0 Å². The summed E-state index contributed by atoms with van der Waals surface area (Å²) in [6, 6.07) is 2.30. The molecule has 0 bridgehead atoms. The Morgan fingerprint density at radius 2 is 1.47 bits per heavy atom. The van der Waals surface area contributed by atoms with Gasteiger partial charge in [0, 0.05) is 0 Å². The number of hydrogen-bond donors (Lipinski definition) is 0. The normalized spacial score (nSPS) is 10.7. The van der Waals surface area contributed by atoms with Crippen molar-refractivity contribution < 1.29 is 0 Å². The maximum Gasteiger partial charge on any atom is -0.0273 e. The second-order valence-corrected chi connectivity index (χ2v) is 4.55. The van der Waals surface area contributed by atoms with Crippen molar-refractivity contribution in [3.8, 4) is 0 Å². The Balaban J connectivity index is 2.94. The smallest absolute Gasteiger partial charge is 0.0273 e. The van der Waals surface area contributed by atoms with Gasteiger partial charge in [0.1, 0.15) is 0 Å². The molecule has 15 heavy (non-hydrogen) atoms. The van der Waals surface area contributed by atoms with Crippen LogP contribution in [0.2, 0.25) is 0 Å². The van der Waals surface area contributed by atoms with Crippen LogP contribution in [0, 0.1) is 34.6 Å². The Morgan fingerprint density at radius 3 is 1.93 bits per heavy atom. The van der Waals surface area contributed by atoms with Crippen molar-refractivity contribution >= 4 is 0 Å². The van der Waals surface area contributed by atoms with Crippen LogP contribution in [-0.4, -0.2) is 0 Å². The number of rotatable bonds is 4. The molecule has 1 radical (unpaired) electrons. The molecule has 0 spiro atoms. The Bertz CT molecular complexity index is 308. The fraction of sp³-hybridized carbons (Fsp3) is 0.533. The summed E-state index contributed by atoms with van der Waals surface area (Å²) < 4.78 is 0. The summed E-state index contributed by atoms with van der Waals surface area (Å²) in [5.41, 5.74) is 7.41. The molecule has 0 aliphatic carbocycles. The lowest BCUT2D eigenvalue weighted by Crippen LogP contribution is -1.99. The monoisotopic (exact) mass is 203 g/mol. The minimum atomic E-state index is 1.06. The van der Waals surface area contributed by atoms with Crippen molar-refractivity contribution in [2.45, 2.75) is 53.4 Å². The molecule has 83 valence electrons. The Labute approximate surface area is 94.7 Å². The van der Waals surface area contributed by atoms with Gasteiger partial charge in [-0.05, 0) is 68.4 Å². The van der Waals surface area contributed by atoms with Crippen LogP contribution < -0.4 is 0 Å². The summed E-state index contributed by atoms with van der Waals surface area (Å²) in [6.07, 6.45) is 4.79. The van der Waals surface area contributed by atoms with Gasteiger partial charge in [0.2, 0.25) is 0 Å². The van der Waals surface area contributed by atoms with Crippen LogP contribution in [-0.2, 0) is 6.42 Å². The average Bonchev–Trinajstić information content (AvgIpc) is 2.20. The summed E-state index contributed by atoms with van der Waals surface area (Å²) in [5, 5.41) is 0. The van der Waals surface area contributed by atoms with E-state index < -0.39 is 0 Å². The van der Waals surface area contributed by atoms with E-state index in [1.165, 1.54) is 41.5 Å².